The highest BCUT2D eigenvalue weighted by Gasteiger charge is 2.20. The Morgan fingerprint density at radius 1 is 1.50 bits per heavy atom. The largest absolute Gasteiger partial charge is 0.328 e. The number of rotatable bonds is 3. The van der Waals surface area contributed by atoms with Crippen LogP contribution < -0.4 is 10.6 Å². The van der Waals surface area contributed by atoms with Crippen molar-refractivity contribution in [1.29, 1.82) is 5.26 Å². The van der Waals surface area contributed by atoms with Gasteiger partial charge in [-0.25, -0.2) is 0 Å². The quantitative estimate of drug-likeness (QED) is 0.889. The number of hydrogen-bond acceptors (Lipinski definition) is 4. The topological polar surface area (TPSA) is 73.4 Å². The average molecular weight is 272 g/mol. The van der Waals surface area contributed by atoms with Crippen LogP contribution in [0.5, 0.6) is 0 Å². The molecule has 1 aliphatic rings. The van der Waals surface area contributed by atoms with Crippen LogP contribution in [0.1, 0.15) is 18.4 Å². The fraction of sp³-hybridized carbons (Fsp3) is 0.467. The summed E-state index contributed by atoms with van der Waals surface area (Å²) >= 11 is 0. The van der Waals surface area contributed by atoms with Crippen LogP contribution in [0.2, 0.25) is 0 Å². The van der Waals surface area contributed by atoms with Gasteiger partial charge in [0.05, 0.1) is 18.2 Å². The molecule has 0 radical (unpaired) electrons. The van der Waals surface area contributed by atoms with E-state index < -0.39 is 0 Å². The molecular weight excluding hydrogens is 252 g/mol. The van der Waals surface area contributed by atoms with Crippen molar-refractivity contribution < 1.29 is 4.79 Å². The molecule has 106 valence electrons. The summed E-state index contributed by atoms with van der Waals surface area (Å²) in [4.78, 5) is 16.0. The Balaban J connectivity index is 1.96. The molecule has 0 atom stereocenters. The number of benzene rings is 1. The van der Waals surface area contributed by atoms with Crippen molar-refractivity contribution in [1.82, 2.24) is 4.90 Å². The number of nitriles is 1. The Labute approximate surface area is 119 Å². The Kier molecular flexibility index (Phi) is 4.72. The minimum atomic E-state index is 0.0376. The monoisotopic (exact) mass is 272 g/mol. The zero-order valence-corrected chi connectivity index (χ0v) is 11.7. The van der Waals surface area contributed by atoms with Gasteiger partial charge in [0.1, 0.15) is 0 Å². The molecule has 0 saturated carbocycles. The first-order chi connectivity index (χ1) is 9.60. The molecule has 20 heavy (non-hydrogen) atoms. The van der Waals surface area contributed by atoms with Gasteiger partial charge in [-0.15, -0.1) is 0 Å². The predicted octanol–water partition coefficient (Wildman–Crippen LogP) is 0.944. The zero-order chi connectivity index (χ0) is 14.5. The molecule has 0 bridgehead atoms. The third-order valence-corrected chi connectivity index (χ3v) is 3.73. The van der Waals surface area contributed by atoms with Gasteiger partial charge in [-0.2, -0.15) is 5.26 Å². The lowest BCUT2D eigenvalue weighted by molar-refractivity contribution is -0.119. The standard InChI is InChI=1S/C15H20N4O/c1-18(14-4-2-3-12(9-14)10-16)15(20)11-19-7-5-13(17)6-8-19/h2-4,9,13H,5-8,11,17H2,1H3. The molecular formula is C15H20N4O. The van der Waals surface area contributed by atoms with E-state index in [0.29, 0.717) is 12.1 Å². The van der Waals surface area contributed by atoms with E-state index >= 15 is 0 Å². The molecule has 1 saturated heterocycles. The number of likely N-dealkylation sites (N-methyl/N-ethyl adjacent to an activating group) is 1. The number of anilines is 1. The third-order valence-electron chi connectivity index (χ3n) is 3.73. The molecule has 0 aliphatic carbocycles. The first kappa shape index (κ1) is 14.5. The molecule has 5 nitrogen and oxygen atoms in total. The van der Waals surface area contributed by atoms with E-state index in [1.807, 2.05) is 6.07 Å². The van der Waals surface area contributed by atoms with Crippen LogP contribution in [0.3, 0.4) is 0 Å². The maximum Gasteiger partial charge on any atom is 0.240 e. The van der Waals surface area contributed by atoms with Crippen molar-refractivity contribution in [2.24, 2.45) is 5.73 Å². The SMILES string of the molecule is CN(C(=O)CN1CCC(N)CC1)c1cccc(C#N)c1. The molecule has 1 heterocycles. The number of carbonyl (C=O) groups is 1. The lowest BCUT2D eigenvalue weighted by atomic mass is 10.1. The van der Waals surface area contributed by atoms with Crippen LogP contribution >= 0.6 is 0 Å². The fourth-order valence-corrected chi connectivity index (χ4v) is 2.34. The van der Waals surface area contributed by atoms with Gasteiger partial charge < -0.3 is 10.6 Å². The highest BCUT2D eigenvalue weighted by Crippen LogP contribution is 2.15. The van der Waals surface area contributed by atoms with Crippen molar-refractivity contribution >= 4 is 11.6 Å². The van der Waals surface area contributed by atoms with Gasteiger partial charge in [0.25, 0.3) is 0 Å². The molecule has 0 aromatic heterocycles. The summed E-state index contributed by atoms with van der Waals surface area (Å²) in [5.74, 6) is 0.0376. The number of carbonyl (C=O) groups excluding carboxylic acids is 1. The van der Waals surface area contributed by atoms with Crippen molar-refractivity contribution in [2.75, 3.05) is 31.6 Å². The predicted molar refractivity (Wildman–Crippen MR) is 78.2 cm³/mol. The third kappa shape index (κ3) is 3.56. The van der Waals surface area contributed by atoms with Gasteiger partial charge in [0, 0.05) is 31.9 Å². The van der Waals surface area contributed by atoms with Gasteiger partial charge >= 0.3 is 0 Å². The summed E-state index contributed by atoms with van der Waals surface area (Å²) < 4.78 is 0. The zero-order valence-electron chi connectivity index (χ0n) is 11.7. The van der Waals surface area contributed by atoms with Crippen LogP contribution in [-0.4, -0.2) is 43.5 Å². The lowest BCUT2D eigenvalue weighted by Crippen LogP contribution is -2.45. The molecule has 0 spiro atoms. The van der Waals surface area contributed by atoms with E-state index in [4.69, 9.17) is 11.0 Å². The Morgan fingerprint density at radius 2 is 2.20 bits per heavy atom. The number of nitrogens with two attached hydrogens (primary N) is 1. The molecule has 2 rings (SSSR count). The number of amides is 1. The molecule has 0 unspecified atom stereocenters. The van der Waals surface area contributed by atoms with Crippen molar-refractivity contribution in [3.63, 3.8) is 0 Å². The summed E-state index contributed by atoms with van der Waals surface area (Å²) in [7, 11) is 1.74. The first-order valence-corrected chi connectivity index (χ1v) is 6.85. The second-order valence-electron chi connectivity index (χ2n) is 5.23. The molecule has 1 aromatic rings. The minimum Gasteiger partial charge on any atom is -0.328 e. The minimum absolute atomic E-state index is 0.0376. The van der Waals surface area contributed by atoms with Gasteiger partial charge in [-0.1, -0.05) is 6.07 Å². The number of hydrogen-bond donors (Lipinski definition) is 1. The summed E-state index contributed by atoms with van der Waals surface area (Å²) in [6, 6.07) is 9.44. The molecule has 1 aromatic carbocycles. The smallest absolute Gasteiger partial charge is 0.240 e. The van der Waals surface area contributed by atoms with Crippen LogP contribution in [0.25, 0.3) is 0 Å². The normalized spacial score (nSPS) is 16.6. The van der Waals surface area contributed by atoms with Gasteiger partial charge in [-0.05, 0) is 31.0 Å². The van der Waals surface area contributed by atoms with Gasteiger partial charge in [0.15, 0.2) is 0 Å². The maximum absolute atomic E-state index is 12.3. The lowest BCUT2D eigenvalue weighted by Gasteiger charge is -2.30. The Morgan fingerprint density at radius 3 is 2.85 bits per heavy atom. The highest BCUT2D eigenvalue weighted by molar-refractivity contribution is 5.94. The Bertz CT molecular complexity index is 515. The van der Waals surface area contributed by atoms with E-state index in [1.165, 1.54) is 0 Å². The molecule has 5 heteroatoms. The van der Waals surface area contributed by atoms with Crippen LogP contribution in [0, 0.1) is 11.3 Å². The highest BCUT2D eigenvalue weighted by atomic mass is 16.2. The van der Waals surface area contributed by atoms with Gasteiger partial charge in [0.2, 0.25) is 5.91 Å². The van der Waals surface area contributed by atoms with E-state index in [2.05, 4.69) is 11.0 Å². The number of nitrogens with zero attached hydrogens (tertiary/aromatic N) is 3. The summed E-state index contributed by atoms with van der Waals surface area (Å²) in [5, 5.41) is 8.89. The van der Waals surface area contributed by atoms with E-state index in [0.717, 1.165) is 31.6 Å². The molecule has 1 aliphatic heterocycles. The van der Waals surface area contributed by atoms with Crippen molar-refractivity contribution in [3.8, 4) is 6.07 Å². The molecule has 2 N–H and O–H groups in total. The number of piperidine rings is 1. The molecule has 1 amide bonds. The molecule has 1 fully saturated rings. The van der Waals surface area contributed by atoms with Crippen LogP contribution in [-0.2, 0) is 4.79 Å². The Hall–Kier alpha value is -1.90. The van der Waals surface area contributed by atoms with E-state index in [9.17, 15) is 4.79 Å². The van der Waals surface area contributed by atoms with E-state index in [-0.39, 0.29) is 11.9 Å². The van der Waals surface area contributed by atoms with Gasteiger partial charge in [-0.3, -0.25) is 9.69 Å². The summed E-state index contributed by atoms with van der Waals surface area (Å²) in [5.41, 5.74) is 7.17. The average Bonchev–Trinajstić information content (AvgIpc) is 2.48. The second-order valence-corrected chi connectivity index (χ2v) is 5.23. The van der Waals surface area contributed by atoms with Crippen LogP contribution in [0.4, 0.5) is 5.69 Å². The second kappa shape index (κ2) is 6.51. The maximum atomic E-state index is 12.3. The fourth-order valence-electron chi connectivity index (χ4n) is 2.34. The summed E-state index contributed by atoms with van der Waals surface area (Å²) in [6.07, 6.45) is 1.89. The summed E-state index contributed by atoms with van der Waals surface area (Å²) in [6.45, 7) is 2.15. The van der Waals surface area contributed by atoms with Crippen LogP contribution in [0.15, 0.2) is 24.3 Å². The van der Waals surface area contributed by atoms with E-state index in [1.54, 1.807) is 30.1 Å². The van der Waals surface area contributed by atoms with Crippen molar-refractivity contribution in [3.05, 3.63) is 29.8 Å². The number of likely N-dealkylation sites (tertiary alicyclic amines) is 1. The first-order valence-electron chi connectivity index (χ1n) is 6.85. The van der Waals surface area contributed by atoms with Crippen molar-refractivity contribution in [2.45, 2.75) is 18.9 Å².